The van der Waals surface area contributed by atoms with E-state index >= 15 is 0 Å². The van der Waals surface area contributed by atoms with Crippen LogP contribution in [-0.2, 0) is 16.1 Å². The first-order valence-corrected chi connectivity index (χ1v) is 9.58. The van der Waals surface area contributed by atoms with E-state index in [1.807, 2.05) is 36.1 Å². The maximum Gasteiger partial charge on any atom is 0.312 e. The van der Waals surface area contributed by atoms with E-state index in [4.69, 9.17) is 4.74 Å². The number of benzene rings is 1. The number of fused-ring (bicyclic) bond motifs is 1. The monoisotopic (exact) mass is 376 g/mol. The van der Waals surface area contributed by atoms with Crippen LogP contribution in [0.2, 0.25) is 0 Å². The molecule has 0 saturated carbocycles. The van der Waals surface area contributed by atoms with E-state index in [-0.39, 0.29) is 25.4 Å². The summed E-state index contributed by atoms with van der Waals surface area (Å²) in [5, 5.41) is 20.1. The molecule has 1 fully saturated rings. The predicted octanol–water partition coefficient (Wildman–Crippen LogP) is 1.35. The van der Waals surface area contributed by atoms with Crippen LogP contribution < -0.4 is 4.74 Å². The molecule has 2 aliphatic rings. The number of rotatable bonds is 5. The van der Waals surface area contributed by atoms with Gasteiger partial charge >= 0.3 is 5.97 Å². The number of carbonyl (C=O) groups is 2. The minimum atomic E-state index is -1.14. The van der Waals surface area contributed by atoms with Crippen molar-refractivity contribution in [2.75, 3.05) is 32.8 Å². The maximum absolute atomic E-state index is 12.8. The van der Waals surface area contributed by atoms with Crippen LogP contribution in [0.1, 0.15) is 31.7 Å². The molecule has 2 heterocycles. The Hall–Kier alpha value is -2.12. The molecule has 1 aromatic rings. The molecule has 0 radical (unpaired) electrons. The number of carbonyl (C=O) groups excluding carboxylic acids is 1. The number of aliphatic hydroxyl groups excluding tert-OH is 1. The third-order valence-electron chi connectivity index (χ3n) is 5.72. The van der Waals surface area contributed by atoms with Gasteiger partial charge in [-0.05, 0) is 18.9 Å². The Morgan fingerprint density at radius 1 is 1.30 bits per heavy atom. The zero-order valence-electron chi connectivity index (χ0n) is 15.8. The summed E-state index contributed by atoms with van der Waals surface area (Å²) in [4.78, 5) is 28.1. The van der Waals surface area contributed by atoms with Gasteiger partial charge in [-0.25, -0.2) is 0 Å². The van der Waals surface area contributed by atoms with Crippen molar-refractivity contribution < 1.29 is 24.5 Å². The molecule has 0 aromatic heterocycles. The lowest BCUT2D eigenvalue weighted by Gasteiger charge is -2.43. The van der Waals surface area contributed by atoms with Crippen molar-refractivity contribution in [2.24, 2.45) is 5.41 Å². The first-order chi connectivity index (χ1) is 13.0. The Kier molecular flexibility index (Phi) is 6.01. The zero-order valence-corrected chi connectivity index (χ0v) is 15.8. The third-order valence-corrected chi connectivity index (χ3v) is 5.72. The van der Waals surface area contributed by atoms with Crippen LogP contribution >= 0.6 is 0 Å². The molecule has 148 valence electrons. The number of hydrogen-bond acceptors (Lipinski definition) is 5. The molecule has 0 aliphatic carbocycles. The van der Waals surface area contributed by atoms with Gasteiger partial charge in [0.1, 0.15) is 12.4 Å². The number of piperidine rings is 1. The molecule has 1 amide bonds. The molecule has 0 spiro atoms. The molecule has 0 unspecified atom stereocenters. The fourth-order valence-corrected chi connectivity index (χ4v) is 4.10. The minimum absolute atomic E-state index is 0.0755. The van der Waals surface area contributed by atoms with Gasteiger partial charge in [0.2, 0.25) is 5.91 Å². The van der Waals surface area contributed by atoms with E-state index in [1.165, 1.54) is 0 Å². The highest BCUT2D eigenvalue weighted by Gasteiger charge is 2.48. The van der Waals surface area contributed by atoms with Crippen molar-refractivity contribution in [1.82, 2.24) is 9.80 Å². The molecule has 2 aliphatic heterocycles. The SMILES string of the molecule is CCC[C@]1(C(=O)O)CCN(C(=O)CN2CCOc3ccccc3C2)C[C@H]1O. The summed E-state index contributed by atoms with van der Waals surface area (Å²) in [6.45, 7) is 4.38. The number of carboxylic acid groups (broad SMARTS) is 1. The summed E-state index contributed by atoms with van der Waals surface area (Å²) in [7, 11) is 0. The van der Waals surface area contributed by atoms with Crippen molar-refractivity contribution >= 4 is 11.9 Å². The van der Waals surface area contributed by atoms with E-state index in [0.717, 1.165) is 11.3 Å². The van der Waals surface area contributed by atoms with Gasteiger partial charge in [-0.3, -0.25) is 14.5 Å². The number of hydrogen-bond donors (Lipinski definition) is 2. The predicted molar refractivity (Wildman–Crippen MR) is 99.4 cm³/mol. The minimum Gasteiger partial charge on any atom is -0.492 e. The quantitative estimate of drug-likeness (QED) is 0.806. The lowest BCUT2D eigenvalue weighted by Crippen LogP contribution is -2.57. The number of aliphatic carboxylic acids is 1. The number of ether oxygens (including phenoxy) is 1. The van der Waals surface area contributed by atoms with E-state index in [2.05, 4.69) is 0 Å². The van der Waals surface area contributed by atoms with E-state index in [1.54, 1.807) is 4.90 Å². The Morgan fingerprint density at radius 2 is 2.07 bits per heavy atom. The van der Waals surface area contributed by atoms with Crippen molar-refractivity contribution in [3.63, 3.8) is 0 Å². The van der Waals surface area contributed by atoms with Crippen LogP contribution in [0.25, 0.3) is 0 Å². The van der Waals surface area contributed by atoms with Crippen LogP contribution in [0.15, 0.2) is 24.3 Å². The van der Waals surface area contributed by atoms with Crippen LogP contribution in [-0.4, -0.2) is 70.8 Å². The first kappa shape index (κ1) is 19.6. The summed E-state index contributed by atoms with van der Waals surface area (Å²) in [5.41, 5.74) is -0.0877. The van der Waals surface area contributed by atoms with Gasteiger partial charge in [-0.1, -0.05) is 31.5 Å². The fraction of sp³-hybridized carbons (Fsp3) is 0.600. The van der Waals surface area contributed by atoms with Gasteiger partial charge in [0.25, 0.3) is 0 Å². The van der Waals surface area contributed by atoms with Crippen LogP contribution in [0.5, 0.6) is 5.75 Å². The smallest absolute Gasteiger partial charge is 0.312 e. The molecule has 2 atom stereocenters. The highest BCUT2D eigenvalue weighted by atomic mass is 16.5. The number of likely N-dealkylation sites (tertiary alicyclic amines) is 1. The zero-order chi connectivity index (χ0) is 19.4. The number of β-amino-alcohol motifs (C(OH)–C–C–N with tert-alkyl or cyclic N) is 1. The summed E-state index contributed by atoms with van der Waals surface area (Å²) < 4.78 is 5.73. The van der Waals surface area contributed by atoms with Gasteiger partial charge < -0.3 is 19.8 Å². The normalized spacial score (nSPS) is 26.0. The second kappa shape index (κ2) is 8.27. The van der Waals surface area contributed by atoms with E-state index in [0.29, 0.717) is 39.1 Å². The van der Waals surface area contributed by atoms with Gasteiger partial charge in [0.15, 0.2) is 0 Å². The highest BCUT2D eigenvalue weighted by Crippen LogP contribution is 2.37. The molecule has 2 N–H and O–H groups in total. The summed E-state index contributed by atoms with van der Waals surface area (Å²) in [6.07, 6.45) is 0.353. The van der Waals surface area contributed by atoms with Crippen molar-refractivity contribution in [1.29, 1.82) is 0 Å². The Morgan fingerprint density at radius 3 is 2.78 bits per heavy atom. The topological polar surface area (TPSA) is 90.3 Å². The number of amides is 1. The largest absolute Gasteiger partial charge is 0.492 e. The number of para-hydroxylation sites is 1. The van der Waals surface area contributed by atoms with Crippen LogP contribution in [0.3, 0.4) is 0 Å². The van der Waals surface area contributed by atoms with E-state index < -0.39 is 17.5 Å². The molecule has 7 nitrogen and oxygen atoms in total. The summed E-state index contributed by atoms with van der Waals surface area (Å²) in [5.74, 6) is -0.194. The Bertz CT molecular complexity index is 695. The molecule has 27 heavy (non-hydrogen) atoms. The summed E-state index contributed by atoms with van der Waals surface area (Å²) >= 11 is 0. The fourth-order valence-electron chi connectivity index (χ4n) is 4.10. The van der Waals surface area contributed by atoms with Gasteiger partial charge in [0, 0.05) is 31.7 Å². The average molecular weight is 376 g/mol. The third kappa shape index (κ3) is 4.09. The lowest BCUT2D eigenvalue weighted by molar-refractivity contribution is -0.167. The first-order valence-electron chi connectivity index (χ1n) is 9.58. The molecule has 0 bridgehead atoms. The summed E-state index contributed by atoms with van der Waals surface area (Å²) in [6, 6.07) is 7.81. The van der Waals surface area contributed by atoms with Crippen LogP contribution in [0, 0.1) is 5.41 Å². The van der Waals surface area contributed by atoms with Crippen molar-refractivity contribution in [3.8, 4) is 5.75 Å². The number of aliphatic hydroxyl groups is 1. The second-order valence-electron chi connectivity index (χ2n) is 7.48. The van der Waals surface area contributed by atoms with Gasteiger partial charge in [-0.15, -0.1) is 0 Å². The second-order valence-corrected chi connectivity index (χ2v) is 7.48. The molecule has 7 heteroatoms. The van der Waals surface area contributed by atoms with Crippen molar-refractivity contribution in [2.45, 2.75) is 38.8 Å². The molecular weight excluding hydrogens is 348 g/mol. The highest BCUT2D eigenvalue weighted by molar-refractivity contribution is 5.80. The Balaban J connectivity index is 1.62. The molecule has 3 rings (SSSR count). The number of carboxylic acids is 1. The van der Waals surface area contributed by atoms with Crippen molar-refractivity contribution in [3.05, 3.63) is 29.8 Å². The van der Waals surface area contributed by atoms with Gasteiger partial charge in [0.05, 0.1) is 18.1 Å². The molecule has 1 saturated heterocycles. The lowest BCUT2D eigenvalue weighted by atomic mass is 9.73. The van der Waals surface area contributed by atoms with Crippen LogP contribution in [0.4, 0.5) is 0 Å². The number of nitrogens with zero attached hydrogens (tertiary/aromatic N) is 2. The maximum atomic E-state index is 12.8. The standard InChI is InChI=1S/C20H28N2O5/c1-2-7-20(19(25)26)8-9-22(13-17(20)23)18(24)14-21-10-11-27-16-6-4-3-5-15(16)12-21/h3-6,17,23H,2,7-14H2,1H3,(H,25,26)/t17-,20+/m1/s1. The Labute approximate surface area is 159 Å². The average Bonchev–Trinajstić information content (AvgIpc) is 2.84. The van der Waals surface area contributed by atoms with E-state index in [9.17, 15) is 19.8 Å². The van der Waals surface area contributed by atoms with Gasteiger partial charge in [-0.2, -0.15) is 0 Å². The molecule has 1 aromatic carbocycles. The molecular formula is C20H28N2O5.